The van der Waals surface area contributed by atoms with Crippen molar-refractivity contribution in [2.45, 2.75) is 18.9 Å². The van der Waals surface area contributed by atoms with Crippen LogP contribution in [0.25, 0.3) is 0 Å². The second kappa shape index (κ2) is 9.25. The fourth-order valence-electron chi connectivity index (χ4n) is 1.80. The fraction of sp³-hybridized carbons (Fsp3) is 0.308. The molecular weight excluding hydrogens is 336 g/mol. The van der Waals surface area contributed by atoms with E-state index < -0.39 is 17.0 Å². The monoisotopic (exact) mass is 354 g/mol. The molecule has 0 bridgehead atoms. The van der Waals surface area contributed by atoms with Crippen LogP contribution in [0, 0.1) is 10.1 Å². The molecule has 0 saturated heterocycles. The minimum atomic E-state index is -1.17. The molecule has 0 unspecified atom stereocenters. The van der Waals surface area contributed by atoms with Gasteiger partial charge in [0.2, 0.25) is 0 Å². The lowest BCUT2D eigenvalue weighted by molar-refractivity contribution is -0.548. The van der Waals surface area contributed by atoms with Gasteiger partial charge in [-0.05, 0) is 25.0 Å². The Balaban J connectivity index is 2.79. The molecule has 0 radical (unpaired) electrons. The highest BCUT2D eigenvalue weighted by Crippen LogP contribution is 2.18. The number of nitrogens with one attached hydrogen (secondary N) is 1. The third-order valence-electron chi connectivity index (χ3n) is 2.85. The molecule has 0 saturated carbocycles. The Labute approximate surface area is 143 Å². The number of nitrogens with two attached hydrogens (primary N) is 3. The minimum Gasteiger partial charge on any atom is -0.424 e. The number of aliphatic imine (C=N–C) groups is 1. The van der Waals surface area contributed by atoms with Crippen LogP contribution in [0.4, 0.5) is 0 Å². The van der Waals surface area contributed by atoms with Crippen LogP contribution in [-0.2, 0) is 4.79 Å². The van der Waals surface area contributed by atoms with Gasteiger partial charge in [-0.2, -0.15) is 0 Å². The maximum absolute atomic E-state index is 12.2. The topological polar surface area (TPSA) is 172 Å². The molecule has 1 atom stereocenters. The van der Waals surface area contributed by atoms with Crippen molar-refractivity contribution < 1.29 is 14.6 Å². The first kappa shape index (κ1) is 19.1. The average molecular weight is 354 g/mol. The molecule has 10 nitrogen and oxygen atoms in total. The Morgan fingerprint density at radius 3 is 2.62 bits per heavy atom. The summed E-state index contributed by atoms with van der Waals surface area (Å²) in [6.45, 7) is 0.231. The number of esters is 1. The zero-order valence-corrected chi connectivity index (χ0v) is 13.5. The molecule has 0 aromatic heterocycles. The van der Waals surface area contributed by atoms with E-state index in [2.05, 4.69) is 4.99 Å². The van der Waals surface area contributed by atoms with Gasteiger partial charge in [0.1, 0.15) is 10.7 Å². The summed E-state index contributed by atoms with van der Waals surface area (Å²) >= 11 is 4.87. The highest BCUT2D eigenvalue weighted by molar-refractivity contribution is 7.80. The Kier molecular flexibility index (Phi) is 7.36. The molecule has 130 valence electrons. The lowest BCUT2D eigenvalue weighted by atomic mass is 10.1. The third kappa shape index (κ3) is 6.44. The molecular formula is C13H18N6O4S. The van der Waals surface area contributed by atoms with Crippen LogP contribution in [0.2, 0.25) is 0 Å². The molecule has 0 spiro atoms. The summed E-state index contributed by atoms with van der Waals surface area (Å²) in [6, 6.07) is 5.20. The molecule has 24 heavy (non-hydrogen) atoms. The van der Waals surface area contributed by atoms with Crippen molar-refractivity contribution in [1.82, 2.24) is 5.43 Å². The van der Waals surface area contributed by atoms with Crippen molar-refractivity contribution in [3.05, 3.63) is 39.9 Å². The summed E-state index contributed by atoms with van der Waals surface area (Å²) in [5.41, 5.74) is 18.2. The Bertz CT molecular complexity index is 647. The van der Waals surface area contributed by atoms with Gasteiger partial charge in [-0.1, -0.05) is 24.4 Å². The minimum absolute atomic E-state index is 0.0462. The second-order valence-electron chi connectivity index (χ2n) is 4.67. The summed E-state index contributed by atoms with van der Waals surface area (Å²) < 4.78 is 5.19. The van der Waals surface area contributed by atoms with E-state index in [9.17, 15) is 14.9 Å². The third-order valence-corrected chi connectivity index (χ3v) is 3.07. The van der Waals surface area contributed by atoms with Crippen LogP contribution in [0.3, 0.4) is 0 Å². The number of nitrogens with zero attached hydrogens (tertiary/aromatic N) is 2. The molecule has 0 fully saturated rings. The molecule has 1 rings (SSSR count). The largest absolute Gasteiger partial charge is 0.424 e. The quantitative estimate of drug-likeness (QED) is 0.0662. The first-order valence-electron chi connectivity index (χ1n) is 6.87. The first-order chi connectivity index (χ1) is 11.3. The number of hydrogen-bond donors (Lipinski definition) is 4. The van der Waals surface area contributed by atoms with Crippen molar-refractivity contribution in [1.29, 1.82) is 0 Å². The number of thiocarbonyl (C=S) groups is 1. The molecule has 1 aromatic carbocycles. The van der Waals surface area contributed by atoms with E-state index in [1.807, 2.05) is 5.43 Å². The number of guanidine groups is 1. The van der Waals surface area contributed by atoms with Gasteiger partial charge < -0.3 is 21.9 Å². The molecule has 0 aliphatic rings. The lowest BCUT2D eigenvalue weighted by Crippen LogP contribution is -2.43. The van der Waals surface area contributed by atoms with E-state index in [0.29, 0.717) is 12.0 Å². The van der Waals surface area contributed by atoms with Crippen LogP contribution in [0.15, 0.2) is 29.3 Å². The molecule has 11 heteroatoms. The van der Waals surface area contributed by atoms with Crippen LogP contribution < -0.4 is 27.4 Å². The van der Waals surface area contributed by atoms with Crippen LogP contribution in [0.5, 0.6) is 5.75 Å². The maximum Gasteiger partial charge on any atom is 0.339 e. The number of ether oxygens (including phenoxy) is 1. The molecule has 7 N–H and O–H groups in total. The van der Waals surface area contributed by atoms with Gasteiger partial charge in [-0.3, -0.25) is 4.99 Å². The molecule has 0 aliphatic heterocycles. The van der Waals surface area contributed by atoms with Gasteiger partial charge in [-0.15, -0.1) is 5.43 Å². The number of carbonyl (C=O) groups excluding carboxylic acids is 1. The predicted octanol–water partition coefficient (Wildman–Crippen LogP) is -0.570. The van der Waals surface area contributed by atoms with Gasteiger partial charge in [0.15, 0.2) is 17.0 Å². The van der Waals surface area contributed by atoms with Crippen molar-refractivity contribution in [3.8, 4) is 5.75 Å². The summed E-state index contributed by atoms with van der Waals surface area (Å²) in [6.07, 6.45) is 0.446. The van der Waals surface area contributed by atoms with Crippen molar-refractivity contribution in [3.63, 3.8) is 0 Å². The number of para-hydroxylation sites is 1. The number of hydrogen-bond acceptors (Lipinski definition) is 6. The zero-order chi connectivity index (χ0) is 18.1. The molecule has 0 amide bonds. The van der Waals surface area contributed by atoms with E-state index in [4.69, 9.17) is 34.2 Å². The SMILES string of the molecule is NC(=S)c1ccccc1OC(=O)[C@H](CCCN=C(N)N)N[N+](=O)[O-]. The Hall–Kier alpha value is -2.95. The summed E-state index contributed by atoms with van der Waals surface area (Å²) in [4.78, 5) is 26.6. The van der Waals surface area contributed by atoms with E-state index >= 15 is 0 Å². The van der Waals surface area contributed by atoms with Crippen molar-refractivity contribution in [2.24, 2.45) is 22.2 Å². The number of rotatable bonds is 9. The van der Waals surface area contributed by atoms with Crippen LogP contribution >= 0.6 is 12.2 Å². The van der Waals surface area contributed by atoms with E-state index in [1.54, 1.807) is 18.2 Å². The van der Waals surface area contributed by atoms with Gasteiger partial charge >= 0.3 is 5.97 Å². The normalized spacial score (nSPS) is 11.2. The van der Waals surface area contributed by atoms with E-state index in [-0.39, 0.29) is 29.7 Å². The van der Waals surface area contributed by atoms with Gasteiger partial charge in [0, 0.05) is 6.54 Å². The highest BCUT2D eigenvalue weighted by atomic mass is 32.1. The second-order valence-corrected chi connectivity index (χ2v) is 5.11. The zero-order valence-electron chi connectivity index (χ0n) is 12.7. The van der Waals surface area contributed by atoms with Gasteiger partial charge in [0.25, 0.3) is 0 Å². The number of hydrazine groups is 1. The van der Waals surface area contributed by atoms with Crippen molar-refractivity contribution >= 4 is 29.1 Å². The van der Waals surface area contributed by atoms with Gasteiger partial charge in [-0.25, -0.2) is 14.9 Å². The molecule has 0 heterocycles. The smallest absolute Gasteiger partial charge is 0.339 e. The number of benzene rings is 1. The molecule has 0 aliphatic carbocycles. The molecule has 1 aromatic rings. The fourth-order valence-corrected chi connectivity index (χ4v) is 1.97. The van der Waals surface area contributed by atoms with E-state index in [1.165, 1.54) is 6.07 Å². The average Bonchev–Trinajstić information content (AvgIpc) is 2.50. The maximum atomic E-state index is 12.2. The Morgan fingerprint density at radius 1 is 1.38 bits per heavy atom. The Morgan fingerprint density at radius 2 is 2.04 bits per heavy atom. The predicted molar refractivity (Wildman–Crippen MR) is 91.8 cm³/mol. The van der Waals surface area contributed by atoms with Crippen molar-refractivity contribution in [2.75, 3.05) is 6.54 Å². The van der Waals surface area contributed by atoms with Crippen LogP contribution in [-0.4, -0.2) is 34.5 Å². The summed E-state index contributed by atoms with van der Waals surface area (Å²) in [5.74, 6) is -0.795. The highest BCUT2D eigenvalue weighted by Gasteiger charge is 2.25. The van der Waals surface area contributed by atoms with Gasteiger partial charge in [0.05, 0.1) is 5.56 Å². The van der Waals surface area contributed by atoms with E-state index in [0.717, 1.165) is 0 Å². The summed E-state index contributed by atoms with van der Waals surface area (Å²) in [7, 11) is 0. The first-order valence-corrected chi connectivity index (χ1v) is 7.28. The number of nitro groups is 1. The lowest BCUT2D eigenvalue weighted by Gasteiger charge is -2.14. The number of carbonyl (C=O) groups is 1. The standard InChI is InChI=1S/C13H18N6O4S/c14-11(24)8-4-1-2-6-10(8)23-12(20)9(18-19(21)22)5-3-7-17-13(15)16/h1-2,4,6,9,18H,3,5,7H2,(H2,14,24)(H4,15,16,17)/t9-/m0/s1. The van der Waals surface area contributed by atoms with Crippen LogP contribution in [0.1, 0.15) is 18.4 Å². The summed E-state index contributed by atoms with van der Waals surface area (Å²) in [5, 5.41) is 9.85.